The molecule has 1 saturated carbocycles. The van der Waals surface area contributed by atoms with Gasteiger partial charge in [0.25, 0.3) is 5.91 Å². The van der Waals surface area contributed by atoms with Crippen LogP contribution in [0.1, 0.15) is 33.6 Å². The number of anilines is 1. The van der Waals surface area contributed by atoms with Crippen LogP contribution < -0.4 is 9.64 Å². The van der Waals surface area contributed by atoms with E-state index in [1.165, 1.54) is 0 Å². The summed E-state index contributed by atoms with van der Waals surface area (Å²) in [6, 6.07) is 7.98. The topological polar surface area (TPSA) is 59.1 Å². The first-order valence-electron chi connectivity index (χ1n) is 9.67. The molecule has 0 spiro atoms. The highest BCUT2D eigenvalue weighted by molar-refractivity contribution is 5.96. The highest BCUT2D eigenvalue weighted by Gasteiger charge is 2.76. The SMILES string of the molecule is COc1ccc(N2CCN(C(=O)[C@]34CC[C@](C)(C(=O)O3)C4(C)C)CC2)cc1. The van der Waals surface area contributed by atoms with Crippen molar-refractivity contribution >= 4 is 17.6 Å². The number of benzene rings is 1. The van der Waals surface area contributed by atoms with Gasteiger partial charge < -0.3 is 19.3 Å². The van der Waals surface area contributed by atoms with Crippen LogP contribution in [0.3, 0.4) is 0 Å². The van der Waals surface area contributed by atoms with Gasteiger partial charge in [-0.2, -0.15) is 0 Å². The fraction of sp³-hybridized carbons (Fsp3) is 0.619. The van der Waals surface area contributed by atoms with Crippen LogP contribution in [-0.4, -0.2) is 55.7 Å². The van der Waals surface area contributed by atoms with Crippen molar-refractivity contribution in [2.24, 2.45) is 10.8 Å². The molecule has 3 aliphatic rings. The molecule has 4 rings (SSSR count). The maximum Gasteiger partial charge on any atom is 0.313 e. The summed E-state index contributed by atoms with van der Waals surface area (Å²) < 4.78 is 11.0. The molecule has 1 aromatic carbocycles. The van der Waals surface area contributed by atoms with Crippen LogP contribution in [0.4, 0.5) is 5.69 Å². The number of piperazine rings is 1. The van der Waals surface area contributed by atoms with Gasteiger partial charge in [0.2, 0.25) is 0 Å². The van der Waals surface area contributed by atoms with Gasteiger partial charge in [0.15, 0.2) is 5.60 Å². The molecule has 3 fully saturated rings. The summed E-state index contributed by atoms with van der Waals surface area (Å²) in [6.45, 7) is 8.76. The van der Waals surface area contributed by atoms with Gasteiger partial charge >= 0.3 is 5.97 Å². The number of hydrogen-bond donors (Lipinski definition) is 0. The standard InChI is InChI=1S/C21H28N2O4/c1-19(2)20(3)9-10-21(19,27-18(20)25)17(24)23-13-11-22(12-14-23)15-5-7-16(26-4)8-6-15/h5-8H,9-14H2,1-4H3/t20-,21+/m1/s1. The average molecular weight is 372 g/mol. The molecule has 2 atom stereocenters. The van der Waals surface area contributed by atoms with E-state index in [4.69, 9.17) is 9.47 Å². The molecule has 1 aromatic rings. The third kappa shape index (κ3) is 2.31. The maximum atomic E-state index is 13.4. The molecule has 27 heavy (non-hydrogen) atoms. The molecule has 2 bridgehead atoms. The number of ether oxygens (including phenoxy) is 2. The predicted molar refractivity (Wildman–Crippen MR) is 102 cm³/mol. The smallest absolute Gasteiger partial charge is 0.313 e. The van der Waals surface area contributed by atoms with Gasteiger partial charge in [0, 0.05) is 37.3 Å². The largest absolute Gasteiger partial charge is 0.497 e. The number of rotatable bonds is 3. The van der Waals surface area contributed by atoms with Gasteiger partial charge in [0.05, 0.1) is 12.5 Å². The predicted octanol–water partition coefficient (Wildman–Crippen LogP) is 2.47. The second-order valence-corrected chi connectivity index (χ2v) is 8.65. The third-order valence-corrected chi connectivity index (χ3v) is 7.43. The van der Waals surface area contributed by atoms with Crippen molar-refractivity contribution in [1.29, 1.82) is 0 Å². The molecule has 2 aliphatic heterocycles. The minimum absolute atomic E-state index is 0.0172. The lowest BCUT2D eigenvalue weighted by atomic mass is 9.66. The second-order valence-electron chi connectivity index (χ2n) is 8.65. The minimum Gasteiger partial charge on any atom is -0.497 e. The zero-order valence-electron chi connectivity index (χ0n) is 16.6. The first-order valence-corrected chi connectivity index (χ1v) is 9.67. The van der Waals surface area contributed by atoms with E-state index in [1.54, 1.807) is 7.11 Å². The number of hydrogen-bond acceptors (Lipinski definition) is 5. The second kappa shape index (κ2) is 5.88. The van der Waals surface area contributed by atoms with E-state index in [0.29, 0.717) is 19.5 Å². The zero-order valence-corrected chi connectivity index (χ0v) is 16.6. The van der Waals surface area contributed by atoms with Gasteiger partial charge in [-0.1, -0.05) is 13.8 Å². The normalized spacial score (nSPS) is 31.8. The fourth-order valence-corrected chi connectivity index (χ4v) is 4.94. The van der Waals surface area contributed by atoms with Crippen molar-refractivity contribution in [1.82, 2.24) is 4.90 Å². The Labute approximate surface area is 160 Å². The number of fused-ring (bicyclic) bond motifs is 2. The Kier molecular flexibility index (Phi) is 3.95. The molecule has 0 radical (unpaired) electrons. The number of amides is 1. The van der Waals surface area contributed by atoms with E-state index < -0.39 is 16.4 Å². The van der Waals surface area contributed by atoms with Gasteiger partial charge in [-0.05, 0) is 44.0 Å². The number of esters is 1. The van der Waals surface area contributed by atoms with Crippen LogP contribution in [-0.2, 0) is 14.3 Å². The van der Waals surface area contributed by atoms with Crippen LogP contribution in [0.5, 0.6) is 5.75 Å². The molecule has 146 valence electrons. The summed E-state index contributed by atoms with van der Waals surface area (Å²) in [5.74, 6) is 0.599. The Morgan fingerprint density at radius 3 is 2.15 bits per heavy atom. The molecule has 1 aliphatic carbocycles. The monoisotopic (exact) mass is 372 g/mol. The van der Waals surface area contributed by atoms with Crippen LogP contribution in [0, 0.1) is 10.8 Å². The van der Waals surface area contributed by atoms with Gasteiger partial charge in [-0.15, -0.1) is 0 Å². The number of carbonyl (C=O) groups is 2. The highest BCUT2D eigenvalue weighted by atomic mass is 16.6. The molecule has 0 N–H and O–H groups in total. The van der Waals surface area contributed by atoms with Crippen molar-refractivity contribution in [3.05, 3.63) is 24.3 Å². The molecule has 6 heteroatoms. The first kappa shape index (κ1) is 18.1. The lowest BCUT2D eigenvalue weighted by Gasteiger charge is -2.42. The van der Waals surface area contributed by atoms with E-state index in [9.17, 15) is 9.59 Å². The van der Waals surface area contributed by atoms with E-state index in [0.717, 1.165) is 30.9 Å². The molecular formula is C21H28N2O4. The highest BCUT2D eigenvalue weighted by Crippen LogP contribution is 2.65. The summed E-state index contributed by atoms with van der Waals surface area (Å²) in [4.78, 5) is 30.0. The Morgan fingerprint density at radius 2 is 1.67 bits per heavy atom. The Morgan fingerprint density at radius 1 is 1.04 bits per heavy atom. The van der Waals surface area contributed by atoms with Gasteiger partial charge in [-0.3, -0.25) is 9.59 Å². The van der Waals surface area contributed by atoms with Crippen LogP contribution in [0.15, 0.2) is 24.3 Å². The van der Waals surface area contributed by atoms with E-state index in [-0.39, 0.29) is 11.9 Å². The Hall–Kier alpha value is -2.24. The lowest BCUT2D eigenvalue weighted by molar-refractivity contribution is -0.174. The molecule has 0 unspecified atom stereocenters. The van der Waals surface area contributed by atoms with Crippen molar-refractivity contribution in [3.63, 3.8) is 0 Å². The Bertz CT molecular complexity index is 767. The van der Waals surface area contributed by atoms with Crippen LogP contribution in [0.25, 0.3) is 0 Å². The lowest BCUT2D eigenvalue weighted by Crippen LogP contribution is -2.59. The van der Waals surface area contributed by atoms with Crippen LogP contribution >= 0.6 is 0 Å². The Balaban J connectivity index is 1.47. The average Bonchev–Trinajstić information content (AvgIpc) is 2.98. The van der Waals surface area contributed by atoms with Gasteiger partial charge in [-0.25, -0.2) is 0 Å². The molecule has 0 aromatic heterocycles. The summed E-state index contributed by atoms with van der Waals surface area (Å²) in [6.07, 6.45) is 1.34. The molecule has 2 saturated heterocycles. The molecule has 6 nitrogen and oxygen atoms in total. The zero-order chi connectivity index (χ0) is 19.4. The molecular weight excluding hydrogens is 344 g/mol. The summed E-state index contributed by atoms with van der Waals surface area (Å²) in [5.41, 5.74) is -0.919. The summed E-state index contributed by atoms with van der Waals surface area (Å²) in [7, 11) is 1.66. The number of methoxy groups -OCH3 is 1. The van der Waals surface area contributed by atoms with Crippen molar-refractivity contribution in [3.8, 4) is 5.75 Å². The van der Waals surface area contributed by atoms with Gasteiger partial charge in [0.1, 0.15) is 5.75 Å². The van der Waals surface area contributed by atoms with Crippen LogP contribution in [0.2, 0.25) is 0 Å². The minimum atomic E-state index is -0.999. The molecule has 2 heterocycles. The van der Waals surface area contributed by atoms with E-state index in [2.05, 4.69) is 4.90 Å². The van der Waals surface area contributed by atoms with E-state index >= 15 is 0 Å². The molecule has 1 amide bonds. The van der Waals surface area contributed by atoms with Crippen molar-refractivity contribution in [2.75, 3.05) is 38.2 Å². The van der Waals surface area contributed by atoms with Crippen molar-refractivity contribution in [2.45, 2.75) is 39.2 Å². The number of nitrogens with zero attached hydrogens (tertiary/aromatic N) is 2. The summed E-state index contributed by atoms with van der Waals surface area (Å²) in [5, 5.41) is 0. The van der Waals surface area contributed by atoms with Crippen molar-refractivity contribution < 1.29 is 19.1 Å². The third-order valence-electron chi connectivity index (χ3n) is 7.43. The number of carbonyl (C=O) groups excluding carboxylic acids is 2. The fourth-order valence-electron chi connectivity index (χ4n) is 4.94. The first-order chi connectivity index (χ1) is 12.7. The van der Waals surface area contributed by atoms with E-state index in [1.807, 2.05) is 49.9 Å². The summed E-state index contributed by atoms with van der Waals surface area (Å²) >= 11 is 0. The quantitative estimate of drug-likeness (QED) is 0.763. The maximum absolute atomic E-state index is 13.4.